The molecule has 0 aliphatic rings. The number of ether oxygens (including phenoxy) is 1. The van der Waals surface area contributed by atoms with Gasteiger partial charge in [-0.2, -0.15) is 0 Å². The molecular formula is C11H21N3O4S. The quantitative estimate of drug-likeness (QED) is 0.424. The predicted molar refractivity (Wildman–Crippen MR) is 73.3 cm³/mol. The molecule has 0 aromatic heterocycles. The van der Waals surface area contributed by atoms with Crippen molar-refractivity contribution in [2.24, 2.45) is 5.73 Å². The highest BCUT2D eigenvalue weighted by Crippen LogP contribution is 2.06. The van der Waals surface area contributed by atoms with Gasteiger partial charge in [0.05, 0.1) is 0 Å². The molecule has 0 rings (SSSR count). The van der Waals surface area contributed by atoms with Gasteiger partial charge in [0.15, 0.2) is 0 Å². The number of unbranched alkanes of at least 4 members (excludes halogenated alkanes) is 2. The lowest BCUT2D eigenvalue weighted by molar-refractivity contribution is -0.123. The summed E-state index contributed by atoms with van der Waals surface area (Å²) < 4.78 is 4.66. The van der Waals surface area contributed by atoms with Crippen molar-refractivity contribution in [3.05, 3.63) is 0 Å². The number of nitrogens with one attached hydrogen (secondary N) is 2. The number of thioether (sulfide) groups is 1. The molecule has 0 radical (unpaired) electrons. The van der Waals surface area contributed by atoms with Crippen molar-refractivity contribution in [3.63, 3.8) is 0 Å². The number of rotatable bonds is 9. The second-order valence-electron chi connectivity index (χ2n) is 3.87. The highest BCUT2D eigenvalue weighted by atomic mass is 32.2. The lowest BCUT2D eigenvalue weighted by atomic mass is 10.2. The molecule has 0 spiro atoms. The fraction of sp³-hybridized carbons (Fsp3) is 0.727. The minimum absolute atomic E-state index is 0.0517. The second kappa shape index (κ2) is 10.5. The van der Waals surface area contributed by atoms with Crippen LogP contribution in [0.3, 0.4) is 0 Å². The monoisotopic (exact) mass is 291 g/mol. The van der Waals surface area contributed by atoms with E-state index in [0.29, 0.717) is 19.4 Å². The summed E-state index contributed by atoms with van der Waals surface area (Å²) in [4.78, 5) is 32.6. The lowest BCUT2D eigenvalue weighted by Crippen LogP contribution is -2.37. The molecule has 7 nitrogen and oxygen atoms in total. The van der Waals surface area contributed by atoms with Crippen molar-refractivity contribution < 1.29 is 19.1 Å². The van der Waals surface area contributed by atoms with Crippen LogP contribution in [0.4, 0.5) is 4.79 Å². The van der Waals surface area contributed by atoms with Crippen molar-refractivity contribution in [2.75, 3.05) is 12.8 Å². The van der Waals surface area contributed by atoms with Crippen LogP contribution in [-0.2, 0) is 14.3 Å². The van der Waals surface area contributed by atoms with Crippen LogP contribution >= 0.6 is 11.8 Å². The Balaban J connectivity index is 3.62. The van der Waals surface area contributed by atoms with Gasteiger partial charge in [-0.1, -0.05) is 18.2 Å². The molecule has 0 fully saturated rings. The minimum atomic E-state index is -0.921. The van der Waals surface area contributed by atoms with Crippen LogP contribution in [-0.4, -0.2) is 36.3 Å². The first-order chi connectivity index (χ1) is 8.95. The van der Waals surface area contributed by atoms with E-state index in [1.165, 1.54) is 18.7 Å². The van der Waals surface area contributed by atoms with Crippen molar-refractivity contribution in [1.82, 2.24) is 10.6 Å². The molecule has 0 saturated heterocycles. The summed E-state index contributed by atoms with van der Waals surface area (Å²) in [6, 6.07) is 0. The third kappa shape index (κ3) is 11.4. The Hall–Kier alpha value is -1.44. The first-order valence-corrected chi connectivity index (χ1v) is 7.27. The number of carbonyl (C=O) groups excluding carboxylic acids is 3. The maximum atomic E-state index is 11.5. The zero-order valence-electron chi connectivity index (χ0n) is 11.2. The third-order valence-corrected chi connectivity index (χ3v) is 2.81. The molecular weight excluding hydrogens is 270 g/mol. The molecule has 0 bridgehead atoms. The topological polar surface area (TPSA) is 111 Å². The van der Waals surface area contributed by atoms with Crippen LogP contribution in [0.1, 0.15) is 32.6 Å². The molecule has 1 atom stereocenters. The Kier molecular flexibility index (Phi) is 9.69. The van der Waals surface area contributed by atoms with Crippen LogP contribution in [0.5, 0.6) is 0 Å². The Morgan fingerprint density at radius 3 is 2.47 bits per heavy atom. The molecule has 3 amide bonds. The number of carbonyl (C=O) groups is 3. The average Bonchev–Trinajstić information content (AvgIpc) is 2.31. The van der Waals surface area contributed by atoms with E-state index in [9.17, 15) is 14.4 Å². The van der Waals surface area contributed by atoms with Gasteiger partial charge in [-0.15, -0.1) is 0 Å². The summed E-state index contributed by atoms with van der Waals surface area (Å²) in [6.45, 7) is 2.09. The Bertz CT molecular complexity index is 312. The normalized spacial score (nSPS) is 11.5. The van der Waals surface area contributed by atoms with Gasteiger partial charge in [-0.05, 0) is 19.1 Å². The van der Waals surface area contributed by atoms with E-state index in [0.717, 1.165) is 12.8 Å². The van der Waals surface area contributed by atoms with Crippen LogP contribution in [0.25, 0.3) is 0 Å². The second-order valence-corrected chi connectivity index (χ2v) is 4.77. The molecule has 0 aromatic rings. The molecule has 19 heavy (non-hydrogen) atoms. The fourth-order valence-electron chi connectivity index (χ4n) is 1.30. The highest BCUT2D eigenvalue weighted by molar-refractivity contribution is 7.99. The first kappa shape index (κ1) is 17.6. The van der Waals surface area contributed by atoms with Crippen molar-refractivity contribution >= 4 is 29.7 Å². The van der Waals surface area contributed by atoms with Crippen LogP contribution in [0, 0.1) is 0 Å². The fourth-order valence-corrected chi connectivity index (χ4v) is 1.74. The third-order valence-electron chi connectivity index (χ3n) is 2.17. The van der Waals surface area contributed by atoms with Gasteiger partial charge in [-0.3, -0.25) is 9.59 Å². The number of amides is 3. The molecule has 110 valence electrons. The summed E-state index contributed by atoms with van der Waals surface area (Å²) in [5.41, 5.74) is 4.12. The first-order valence-electron chi connectivity index (χ1n) is 5.98. The van der Waals surface area contributed by atoms with E-state index >= 15 is 0 Å². The zero-order chi connectivity index (χ0) is 14.7. The van der Waals surface area contributed by atoms with Crippen molar-refractivity contribution in [1.29, 1.82) is 0 Å². The standard InChI is InChI=1S/C11H21N3O4S/c1-8(15)13-7-5-3-4-6-9(16)14-11(19-2)18-10(12)17/h11H,3-7H2,1-2H3,(H2,12,17)(H,13,15)(H,14,16). The van der Waals surface area contributed by atoms with Gasteiger partial charge in [0.2, 0.25) is 17.4 Å². The summed E-state index contributed by atoms with van der Waals surface area (Å²) in [5, 5.41) is 5.22. The molecule has 0 aromatic carbocycles. The molecule has 8 heteroatoms. The van der Waals surface area contributed by atoms with E-state index in [4.69, 9.17) is 5.73 Å². The van der Waals surface area contributed by atoms with Crippen LogP contribution in [0.15, 0.2) is 0 Å². The van der Waals surface area contributed by atoms with E-state index in [1.807, 2.05) is 0 Å². The van der Waals surface area contributed by atoms with E-state index in [2.05, 4.69) is 15.4 Å². The van der Waals surface area contributed by atoms with Gasteiger partial charge < -0.3 is 21.1 Å². The predicted octanol–water partition coefficient (Wildman–Crippen LogP) is 0.541. The van der Waals surface area contributed by atoms with E-state index in [-0.39, 0.29) is 11.8 Å². The number of primary amides is 1. The Morgan fingerprint density at radius 2 is 1.95 bits per heavy atom. The van der Waals surface area contributed by atoms with E-state index in [1.54, 1.807) is 6.26 Å². The summed E-state index contributed by atoms with van der Waals surface area (Å²) in [7, 11) is 0. The maximum Gasteiger partial charge on any atom is 0.407 e. The van der Waals surface area contributed by atoms with Crippen molar-refractivity contribution in [3.8, 4) is 0 Å². The molecule has 4 N–H and O–H groups in total. The van der Waals surface area contributed by atoms with Crippen LogP contribution in [0.2, 0.25) is 0 Å². The van der Waals surface area contributed by atoms with Gasteiger partial charge in [0.25, 0.3) is 0 Å². The van der Waals surface area contributed by atoms with Crippen molar-refractivity contribution in [2.45, 2.75) is 38.2 Å². The summed E-state index contributed by atoms with van der Waals surface area (Å²) in [5.74, 6) is -0.246. The molecule has 0 aliphatic carbocycles. The van der Waals surface area contributed by atoms with Gasteiger partial charge in [-0.25, -0.2) is 4.79 Å². The minimum Gasteiger partial charge on any atom is -0.416 e. The Morgan fingerprint density at radius 1 is 1.26 bits per heavy atom. The smallest absolute Gasteiger partial charge is 0.407 e. The van der Waals surface area contributed by atoms with E-state index < -0.39 is 11.7 Å². The highest BCUT2D eigenvalue weighted by Gasteiger charge is 2.13. The SMILES string of the molecule is CSC(NC(=O)CCCCCNC(C)=O)OC(N)=O. The number of nitrogens with two attached hydrogens (primary N) is 1. The maximum absolute atomic E-state index is 11.5. The molecule has 0 aliphatic heterocycles. The lowest BCUT2D eigenvalue weighted by Gasteiger charge is -2.15. The largest absolute Gasteiger partial charge is 0.416 e. The molecule has 1 unspecified atom stereocenters. The number of hydrogen-bond acceptors (Lipinski definition) is 5. The molecule has 0 saturated carbocycles. The number of hydrogen-bond donors (Lipinski definition) is 3. The zero-order valence-corrected chi connectivity index (χ0v) is 12.0. The Labute approximate surface area is 117 Å². The summed E-state index contributed by atoms with van der Waals surface area (Å²) >= 11 is 1.17. The van der Waals surface area contributed by atoms with Crippen LogP contribution < -0.4 is 16.4 Å². The summed E-state index contributed by atoms with van der Waals surface area (Å²) in [6.07, 6.45) is 3.50. The van der Waals surface area contributed by atoms with Gasteiger partial charge in [0.1, 0.15) is 0 Å². The average molecular weight is 291 g/mol. The molecule has 0 heterocycles. The van der Waals surface area contributed by atoms with Gasteiger partial charge >= 0.3 is 6.09 Å². The van der Waals surface area contributed by atoms with Gasteiger partial charge in [0, 0.05) is 19.9 Å².